The Hall–Kier alpha value is -1.59. The Kier molecular flexibility index (Phi) is 5.31. The summed E-state index contributed by atoms with van der Waals surface area (Å²) in [6.07, 6.45) is 1.05. The van der Waals surface area contributed by atoms with Crippen molar-refractivity contribution in [3.05, 3.63) is 29.8 Å². The highest BCUT2D eigenvalue weighted by atomic mass is 16.7. The molecule has 0 saturated carbocycles. The topological polar surface area (TPSA) is 73.6 Å². The lowest BCUT2D eigenvalue weighted by molar-refractivity contribution is -0.151. The van der Waals surface area contributed by atoms with E-state index in [2.05, 4.69) is 11.8 Å². The zero-order valence-electron chi connectivity index (χ0n) is 9.23. The van der Waals surface area contributed by atoms with E-state index in [1.807, 2.05) is 29.9 Å². The molecule has 1 aromatic carbocycles. The quantitative estimate of drug-likeness (QED) is 0.555. The number of nitrogens with one attached hydrogen (secondary N) is 1. The monoisotopic (exact) mass is 224 g/mol. The number of aryl methyl sites for hydroxylation is 1. The van der Waals surface area contributed by atoms with Crippen molar-refractivity contribution in [2.75, 3.05) is 6.61 Å². The third-order valence-electron chi connectivity index (χ3n) is 2.09. The molecule has 0 radical (unpaired) electrons. The highest BCUT2D eigenvalue weighted by Gasteiger charge is 2.04. The van der Waals surface area contributed by atoms with Gasteiger partial charge in [0.05, 0.1) is 13.0 Å². The van der Waals surface area contributed by atoms with Crippen LogP contribution < -0.4 is 16.2 Å². The number of para-hydroxylation sites is 1. The molecule has 0 atom stereocenters. The summed E-state index contributed by atoms with van der Waals surface area (Å²) >= 11 is 0. The summed E-state index contributed by atoms with van der Waals surface area (Å²) in [7, 11) is 0. The molecule has 0 heterocycles. The fourth-order valence-electron chi connectivity index (χ4n) is 1.30. The summed E-state index contributed by atoms with van der Waals surface area (Å²) in [5.41, 5.74) is 2.95. The predicted octanol–water partition coefficient (Wildman–Crippen LogP) is 0.939. The van der Waals surface area contributed by atoms with Gasteiger partial charge in [-0.05, 0) is 18.1 Å². The van der Waals surface area contributed by atoms with Crippen LogP contribution >= 0.6 is 0 Å². The van der Waals surface area contributed by atoms with Gasteiger partial charge in [-0.25, -0.2) is 5.84 Å². The number of rotatable bonds is 6. The maximum Gasteiger partial charge on any atom is 0.329 e. The lowest BCUT2D eigenvalue weighted by Crippen LogP contribution is -2.27. The predicted molar refractivity (Wildman–Crippen MR) is 59.3 cm³/mol. The van der Waals surface area contributed by atoms with Crippen molar-refractivity contribution >= 4 is 5.97 Å². The third-order valence-corrected chi connectivity index (χ3v) is 2.09. The van der Waals surface area contributed by atoms with E-state index in [1.165, 1.54) is 0 Å². The Bertz CT molecular complexity index is 342. The first-order valence-corrected chi connectivity index (χ1v) is 5.14. The van der Waals surface area contributed by atoms with Crippen molar-refractivity contribution in [2.45, 2.75) is 19.8 Å². The van der Waals surface area contributed by atoms with E-state index in [0.717, 1.165) is 17.7 Å². The number of benzene rings is 1. The summed E-state index contributed by atoms with van der Waals surface area (Å²) in [4.78, 5) is 15.3. The lowest BCUT2D eigenvalue weighted by atomic mass is 10.1. The minimum atomic E-state index is -0.448. The van der Waals surface area contributed by atoms with Crippen LogP contribution in [0.3, 0.4) is 0 Å². The van der Waals surface area contributed by atoms with Gasteiger partial charge in [0.2, 0.25) is 0 Å². The summed E-state index contributed by atoms with van der Waals surface area (Å²) in [5.74, 6) is 5.18. The zero-order valence-corrected chi connectivity index (χ0v) is 9.23. The molecule has 88 valence electrons. The molecular weight excluding hydrogens is 208 g/mol. The van der Waals surface area contributed by atoms with Gasteiger partial charge in [0, 0.05) is 0 Å². The van der Waals surface area contributed by atoms with Gasteiger partial charge >= 0.3 is 5.97 Å². The molecule has 0 aliphatic carbocycles. The second-order valence-corrected chi connectivity index (χ2v) is 3.15. The highest BCUT2D eigenvalue weighted by molar-refractivity contribution is 5.69. The van der Waals surface area contributed by atoms with Crippen LogP contribution in [0.5, 0.6) is 5.75 Å². The minimum absolute atomic E-state index is 0.155. The Morgan fingerprint density at radius 3 is 2.88 bits per heavy atom. The largest absolute Gasteiger partial charge is 0.493 e. The number of hydrogen-bond acceptors (Lipinski definition) is 5. The van der Waals surface area contributed by atoms with Gasteiger partial charge in [0.1, 0.15) is 5.75 Å². The van der Waals surface area contributed by atoms with E-state index in [4.69, 9.17) is 10.6 Å². The molecule has 0 aromatic heterocycles. The summed E-state index contributed by atoms with van der Waals surface area (Å²) in [6, 6.07) is 7.73. The van der Waals surface area contributed by atoms with E-state index in [-0.39, 0.29) is 13.0 Å². The van der Waals surface area contributed by atoms with Crippen LogP contribution in [0, 0.1) is 0 Å². The molecule has 0 aliphatic rings. The second-order valence-electron chi connectivity index (χ2n) is 3.15. The van der Waals surface area contributed by atoms with Crippen LogP contribution in [0.15, 0.2) is 24.3 Å². The van der Waals surface area contributed by atoms with E-state index < -0.39 is 5.97 Å². The number of carbonyl (C=O) groups excluding carboxylic acids is 1. The number of carbonyl (C=O) groups is 1. The molecule has 16 heavy (non-hydrogen) atoms. The molecule has 3 N–H and O–H groups in total. The van der Waals surface area contributed by atoms with Crippen molar-refractivity contribution in [3.63, 3.8) is 0 Å². The standard InChI is InChI=1S/C11H16N2O3/c1-2-9-5-3-4-6-10(9)15-8-7-11(14)16-13-12/h3-6,13H,2,7-8,12H2,1H3. The number of hydrazine groups is 1. The summed E-state index contributed by atoms with van der Waals surface area (Å²) in [6.45, 7) is 2.33. The number of hydrogen-bond donors (Lipinski definition) is 2. The zero-order chi connectivity index (χ0) is 11.8. The molecule has 0 saturated heterocycles. The Balaban J connectivity index is 2.39. The minimum Gasteiger partial charge on any atom is -0.493 e. The normalized spacial score (nSPS) is 9.88. The van der Waals surface area contributed by atoms with Crippen LogP contribution in [-0.4, -0.2) is 12.6 Å². The first kappa shape index (κ1) is 12.5. The number of nitrogens with two attached hydrogens (primary N) is 1. The first-order valence-electron chi connectivity index (χ1n) is 5.14. The van der Waals surface area contributed by atoms with Gasteiger partial charge in [0.15, 0.2) is 0 Å². The first-order chi connectivity index (χ1) is 7.77. The van der Waals surface area contributed by atoms with Gasteiger partial charge < -0.3 is 9.57 Å². The third kappa shape index (κ3) is 3.88. The van der Waals surface area contributed by atoms with Crippen LogP contribution in [0.4, 0.5) is 0 Å². The molecule has 0 fully saturated rings. The van der Waals surface area contributed by atoms with Crippen molar-refractivity contribution in [1.82, 2.24) is 5.59 Å². The van der Waals surface area contributed by atoms with E-state index in [9.17, 15) is 4.79 Å². The van der Waals surface area contributed by atoms with Gasteiger partial charge in [-0.2, -0.15) is 0 Å². The average molecular weight is 224 g/mol. The molecule has 0 spiro atoms. The molecule has 1 rings (SSSR count). The molecule has 0 unspecified atom stereocenters. The van der Waals surface area contributed by atoms with Gasteiger partial charge in [-0.3, -0.25) is 4.79 Å². The van der Waals surface area contributed by atoms with Gasteiger partial charge in [-0.15, -0.1) is 0 Å². The Labute approximate surface area is 94.5 Å². The number of ether oxygens (including phenoxy) is 1. The van der Waals surface area contributed by atoms with Crippen molar-refractivity contribution in [3.8, 4) is 5.75 Å². The van der Waals surface area contributed by atoms with Crippen molar-refractivity contribution in [2.24, 2.45) is 5.84 Å². The van der Waals surface area contributed by atoms with Crippen LogP contribution in [0.1, 0.15) is 18.9 Å². The molecule has 1 aromatic rings. The molecular formula is C11H16N2O3. The maximum absolute atomic E-state index is 10.9. The van der Waals surface area contributed by atoms with E-state index >= 15 is 0 Å². The van der Waals surface area contributed by atoms with Gasteiger partial charge in [0.25, 0.3) is 0 Å². The van der Waals surface area contributed by atoms with Crippen molar-refractivity contribution < 1.29 is 14.4 Å². The summed E-state index contributed by atoms with van der Waals surface area (Å²) in [5, 5.41) is 0. The smallest absolute Gasteiger partial charge is 0.329 e. The molecule has 5 heteroatoms. The average Bonchev–Trinajstić information content (AvgIpc) is 2.30. The van der Waals surface area contributed by atoms with Crippen molar-refractivity contribution in [1.29, 1.82) is 0 Å². The Morgan fingerprint density at radius 1 is 1.44 bits per heavy atom. The molecule has 0 aliphatic heterocycles. The van der Waals surface area contributed by atoms with E-state index in [1.54, 1.807) is 0 Å². The SMILES string of the molecule is CCc1ccccc1OCCC(=O)ONN. The fourth-order valence-corrected chi connectivity index (χ4v) is 1.30. The van der Waals surface area contributed by atoms with Crippen LogP contribution in [-0.2, 0) is 16.1 Å². The lowest BCUT2D eigenvalue weighted by Gasteiger charge is -2.09. The highest BCUT2D eigenvalue weighted by Crippen LogP contribution is 2.18. The second kappa shape index (κ2) is 6.81. The van der Waals surface area contributed by atoms with Crippen LogP contribution in [0.25, 0.3) is 0 Å². The Morgan fingerprint density at radius 2 is 2.19 bits per heavy atom. The maximum atomic E-state index is 10.9. The van der Waals surface area contributed by atoms with E-state index in [0.29, 0.717) is 0 Å². The molecule has 0 amide bonds. The van der Waals surface area contributed by atoms with Crippen LogP contribution in [0.2, 0.25) is 0 Å². The fraction of sp³-hybridized carbons (Fsp3) is 0.364. The summed E-state index contributed by atoms with van der Waals surface area (Å²) < 4.78 is 5.48. The molecule has 5 nitrogen and oxygen atoms in total. The molecule has 0 bridgehead atoms. The van der Waals surface area contributed by atoms with Gasteiger partial charge in [-0.1, -0.05) is 30.7 Å².